The van der Waals surface area contributed by atoms with Crippen LogP contribution in [0.15, 0.2) is 24.3 Å². The minimum absolute atomic E-state index is 0.720. The lowest BCUT2D eigenvalue weighted by Gasteiger charge is -2.18. The fraction of sp³-hybridized carbons (Fsp3) is 0.647. The summed E-state index contributed by atoms with van der Waals surface area (Å²) in [5, 5.41) is 4.42. The number of hydrogen-bond donors (Lipinski definition) is 1. The smallest absolute Gasteiger partial charge is 0.0408 e. The van der Waals surface area contributed by atoms with Crippen molar-refractivity contribution >= 4 is 23.4 Å². The standard InChI is InChI=1S/C17H28ClNS/c1-3-10-19-14-16(8-6-11-20-4-2)12-15-7-5-9-17(18)13-15/h5,7,9,13,16,19H,3-4,6,8,10-12,14H2,1-2H3. The quantitative estimate of drug-likeness (QED) is 0.575. The van der Waals surface area contributed by atoms with Crippen LogP contribution in [0.25, 0.3) is 0 Å². The van der Waals surface area contributed by atoms with Gasteiger partial charge in [0.25, 0.3) is 0 Å². The number of hydrogen-bond acceptors (Lipinski definition) is 2. The lowest BCUT2D eigenvalue weighted by molar-refractivity contribution is 0.440. The van der Waals surface area contributed by atoms with Gasteiger partial charge in [0.05, 0.1) is 0 Å². The fourth-order valence-electron chi connectivity index (χ4n) is 2.37. The van der Waals surface area contributed by atoms with Crippen molar-refractivity contribution in [2.24, 2.45) is 5.92 Å². The van der Waals surface area contributed by atoms with Crippen LogP contribution in [-0.4, -0.2) is 24.6 Å². The van der Waals surface area contributed by atoms with Crippen molar-refractivity contribution in [3.05, 3.63) is 34.9 Å². The lowest BCUT2D eigenvalue weighted by Crippen LogP contribution is -2.25. The topological polar surface area (TPSA) is 12.0 Å². The first-order chi connectivity index (χ1) is 9.76. The molecule has 20 heavy (non-hydrogen) atoms. The van der Waals surface area contributed by atoms with Crippen molar-refractivity contribution in [2.45, 2.75) is 39.5 Å². The summed E-state index contributed by atoms with van der Waals surface area (Å²) in [5.41, 5.74) is 1.36. The maximum atomic E-state index is 6.08. The normalized spacial score (nSPS) is 12.6. The molecule has 0 heterocycles. The molecular formula is C17H28ClNS. The van der Waals surface area contributed by atoms with Gasteiger partial charge in [-0.15, -0.1) is 0 Å². The Morgan fingerprint density at radius 2 is 2.15 bits per heavy atom. The Morgan fingerprint density at radius 1 is 1.30 bits per heavy atom. The molecule has 0 aliphatic rings. The second-order valence-electron chi connectivity index (χ2n) is 5.24. The van der Waals surface area contributed by atoms with Gasteiger partial charge >= 0.3 is 0 Å². The highest BCUT2D eigenvalue weighted by atomic mass is 35.5. The SMILES string of the molecule is CCCNCC(CCCSCC)Cc1cccc(Cl)c1. The van der Waals surface area contributed by atoms with E-state index >= 15 is 0 Å². The van der Waals surface area contributed by atoms with Gasteiger partial charge in [0, 0.05) is 5.02 Å². The highest BCUT2D eigenvalue weighted by molar-refractivity contribution is 7.99. The third-order valence-corrected chi connectivity index (χ3v) is 4.60. The Hall–Kier alpha value is -0.180. The third-order valence-electron chi connectivity index (χ3n) is 3.38. The third kappa shape index (κ3) is 8.18. The predicted molar refractivity (Wildman–Crippen MR) is 94.0 cm³/mol. The minimum Gasteiger partial charge on any atom is -0.316 e. The van der Waals surface area contributed by atoms with Crippen molar-refractivity contribution in [1.82, 2.24) is 5.32 Å². The van der Waals surface area contributed by atoms with E-state index in [-0.39, 0.29) is 0 Å². The van der Waals surface area contributed by atoms with Gasteiger partial charge in [-0.3, -0.25) is 0 Å². The summed E-state index contributed by atoms with van der Waals surface area (Å²) >= 11 is 8.13. The molecular weight excluding hydrogens is 286 g/mol. The molecule has 1 rings (SSSR count). The van der Waals surface area contributed by atoms with Gasteiger partial charge < -0.3 is 5.32 Å². The van der Waals surface area contributed by atoms with Crippen molar-refractivity contribution < 1.29 is 0 Å². The van der Waals surface area contributed by atoms with Crippen LogP contribution in [0.2, 0.25) is 5.02 Å². The van der Waals surface area contributed by atoms with Crippen LogP contribution < -0.4 is 5.32 Å². The molecule has 114 valence electrons. The van der Waals surface area contributed by atoms with Gasteiger partial charge in [-0.1, -0.05) is 37.6 Å². The summed E-state index contributed by atoms with van der Waals surface area (Å²) in [6.45, 7) is 6.70. The van der Waals surface area contributed by atoms with Crippen molar-refractivity contribution in [3.63, 3.8) is 0 Å². The summed E-state index contributed by atoms with van der Waals surface area (Å²) in [4.78, 5) is 0. The zero-order valence-corrected chi connectivity index (χ0v) is 14.4. The molecule has 1 aromatic rings. The summed E-state index contributed by atoms with van der Waals surface area (Å²) in [6.07, 6.45) is 4.96. The summed E-state index contributed by atoms with van der Waals surface area (Å²) in [7, 11) is 0. The Bertz CT molecular complexity index is 357. The molecule has 0 saturated carbocycles. The molecule has 0 spiro atoms. The fourth-order valence-corrected chi connectivity index (χ4v) is 3.25. The summed E-state index contributed by atoms with van der Waals surface area (Å²) < 4.78 is 0. The van der Waals surface area contributed by atoms with E-state index in [2.05, 4.69) is 37.4 Å². The van der Waals surface area contributed by atoms with Gasteiger partial charge in [0.1, 0.15) is 0 Å². The van der Waals surface area contributed by atoms with E-state index in [9.17, 15) is 0 Å². The first-order valence-electron chi connectivity index (χ1n) is 7.79. The van der Waals surface area contributed by atoms with E-state index in [4.69, 9.17) is 11.6 Å². The van der Waals surface area contributed by atoms with Crippen LogP contribution in [0, 0.1) is 5.92 Å². The molecule has 1 N–H and O–H groups in total. The van der Waals surface area contributed by atoms with Crippen LogP contribution >= 0.6 is 23.4 Å². The Kier molecular flexibility index (Phi) is 10.3. The first kappa shape index (κ1) is 17.9. The zero-order chi connectivity index (χ0) is 14.6. The maximum Gasteiger partial charge on any atom is 0.0408 e. The van der Waals surface area contributed by atoms with Gasteiger partial charge in [-0.25, -0.2) is 0 Å². The Labute approximate surface area is 133 Å². The van der Waals surface area contributed by atoms with Crippen molar-refractivity contribution in [2.75, 3.05) is 24.6 Å². The number of rotatable bonds is 11. The molecule has 1 nitrogen and oxygen atoms in total. The summed E-state index contributed by atoms with van der Waals surface area (Å²) in [6, 6.07) is 8.31. The number of thioether (sulfide) groups is 1. The van der Waals surface area contributed by atoms with Gasteiger partial charge in [0.2, 0.25) is 0 Å². The van der Waals surface area contributed by atoms with E-state index in [0.717, 1.165) is 30.5 Å². The average Bonchev–Trinajstić information content (AvgIpc) is 2.43. The second kappa shape index (κ2) is 11.5. The van der Waals surface area contributed by atoms with Crippen LogP contribution in [0.3, 0.4) is 0 Å². The van der Waals surface area contributed by atoms with Crippen molar-refractivity contribution in [1.29, 1.82) is 0 Å². The minimum atomic E-state index is 0.720. The zero-order valence-electron chi connectivity index (χ0n) is 12.8. The van der Waals surface area contributed by atoms with E-state index in [1.54, 1.807) is 0 Å². The highest BCUT2D eigenvalue weighted by Crippen LogP contribution is 2.18. The van der Waals surface area contributed by atoms with Crippen molar-refractivity contribution in [3.8, 4) is 0 Å². The van der Waals surface area contributed by atoms with Gasteiger partial charge in [-0.05, 0) is 73.9 Å². The largest absolute Gasteiger partial charge is 0.316 e. The average molecular weight is 314 g/mol. The van der Waals surface area contributed by atoms with Gasteiger partial charge in [0.15, 0.2) is 0 Å². The maximum absolute atomic E-state index is 6.08. The number of benzene rings is 1. The van der Waals surface area contributed by atoms with E-state index in [1.165, 1.54) is 36.3 Å². The molecule has 1 unspecified atom stereocenters. The number of halogens is 1. The van der Waals surface area contributed by atoms with Crippen LogP contribution in [0.4, 0.5) is 0 Å². The molecule has 0 amide bonds. The Balaban J connectivity index is 2.43. The predicted octanol–water partition coefficient (Wildman–Crippen LogP) is 5.03. The van der Waals surface area contributed by atoms with Crippen LogP contribution in [-0.2, 0) is 6.42 Å². The number of nitrogens with one attached hydrogen (secondary N) is 1. The molecule has 0 bridgehead atoms. The lowest BCUT2D eigenvalue weighted by atomic mass is 9.95. The van der Waals surface area contributed by atoms with E-state index in [1.807, 2.05) is 17.8 Å². The highest BCUT2D eigenvalue weighted by Gasteiger charge is 2.09. The molecule has 3 heteroatoms. The first-order valence-corrected chi connectivity index (χ1v) is 9.32. The van der Waals surface area contributed by atoms with Gasteiger partial charge in [-0.2, -0.15) is 11.8 Å². The molecule has 0 fully saturated rings. The summed E-state index contributed by atoms with van der Waals surface area (Å²) in [5.74, 6) is 3.24. The monoisotopic (exact) mass is 313 g/mol. The molecule has 0 aliphatic heterocycles. The molecule has 1 aromatic carbocycles. The molecule has 0 saturated heterocycles. The van der Waals surface area contributed by atoms with Crippen LogP contribution in [0.5, 0.6) is 0 Å². The molecule has 1 atom stereocenters. The van der Waals surface area contributed by atoms with E-state index < -0.39 is 0 Å². The Morgan fingerprint density at radius 3 is 2.85 bits per heavy atom. The van der Waals surface area contributed by atoms with E-state index in [0.29, 0.717) is 0 Å². The second-order valence-corrected chi connectivity index (χ2v) is 7.07. The molecule has 0 aliphatic carbocycles. The molecule has 0 radical (unpaired) electrons. The molecule has 0 aromatic heterocycles. The van der Waals surface area contributed by atoms with Crippen LogP contribution in [0.1, 0.15) is 38.7 Å².